The van der Waals surface area contributed by atoms with Crippen LogP contribution in [0.2, 0.25) is 0 Å². The zero-order valence-electron chi connectivity index (χ0n) is 23.6. The molecule has 0 bridgehead atoms. The topological polar surface area (TPSA) is 190 Å². The number of benzene rings is 1. The highest BCUT2D eigenvalue weighted by Gasteiger charge is 2.24. The number of hydrogen-bond acceptors (Lipinski definition) is 10. The summed E-state index contributed by atoms with van der Waals surface area (Å²) in [7, 11) is 1.46. The van der Waals surface area contributed by atoms with Gasteiger partial charge >= 0.3 is 0 Å². The van der Waals surface area contributed by atoms with Crippen LogP contribution in [-0.2, 0) is 4.79 Å². The highest BCUT2D eigenvalue weighted by molar-refractivity contribution is 5.99. The molecule has 6 N–H and O–H groups in total. The van der Waals surface area contributed by atoms with E-state index >= 15 is 0 Å². The molecule has 3 heterocycles. The monoisotopic (exact) mass is 577 g/mol. The van der Waals surface area contributed by atoms with E-state index in [4.69, 9.17) is 15.6 Å². The van der Waals surface area contributed by atoms with Crippen molar-refractivity contribution >= 4 is 40.9 Å². The lowest BCUT2D eigenvalue weighted by Gasteiger charge is -2.32. The van der Waals surface area contributed by atoms with Gasteiger partial charge in [0.1, 0.15) is 17.1 Å². The van der Waals surface area contributed by atoms with Gasteiger partial charge in [0.2, 0.25) is 11.9 Å². The number of likely N-dealkylation sites (tertiary alicyclic amines) is 1. The summed E-state index contributed by atoms with van der Waals surface area (Å²) in [6.45, 7) is 6.89. The van der Waals surface area contributed by atoms with Gasteiger partial charge in [-0.1, -0.05) is 6.58 Å². The molecule has 42 heavy (non-hydrogen) atoms. The van der Waals surface area contributed by atoms with Crippen LogP contribution in [0.3, 0.4) is 0 Å². The van der Waals surface area contributed by atoms with Crippen LogP contribution in [0.25, 0.3) is 0 Å². The Hall–Kier alpha value is -4.98. The van der Waals surface area contributed by atoms with Crippen molar-refractivity contribution in [1.29, 1.82) is 0 Å². The molecule has 1 aliphatic heterocycles. The molecule has 1 aliphatic rings. The van der Waals surface area contributed by atoms with Crippen LogP contribution in [0.5, 0.6) is 5.75 Å². The summed E-state index contributed by atoms with van der Waals surface area (Å²) in [6.07, 6.45) is 8.25. The number of primary amides is 1. The molecule has 1 saturated heterocycles. The number of amides is 3. The highest BCUT2D eigenvalue weighted by atomic mass is 16.5. The molecule has 0 unspecified atom stereocenters. The Morgan fingerprint density at radius 3 is 2.79 bits per heavy atom. The first-order valence-corrected chi connectivity index (χ1v) is 13.5. The Bertz CT molecular complexity index is 1470. The van der Waals surface area contributed by atoms with Crippen molar-refractivity contribution < 1.29 is 24.2 Å². The fraction of sp³-hybridized carbons (Fsp3) is 0.357. The molecule has 1 atom stereocenters. The Morgan fingerprint density at radius 1 is 1.26 bits per heavy atom. The zero-order chi connectivity index (χ0) is 30.2. The normalized spacial score (nSPS) is 14.6. The average molecular weight is 578 g/mol. The third-order valence-electron chi connectivity index (χ3n) is 6.81. The van der Waals surface area contributed by atoms with E-state index in [1.807, 2.05) is 6.20 Å². The number of aryl methyl sites for hydroxylation is 1. The molecule has 1 aromatic carbocycles. The minimum absolute atomic E-state index is 0.0174. The summed E-state index contributed by atoms with van der Waals surface area (Å²) >= 11 is 0. The number of aliphatic hydroxyl groups is 1. The maximum Gasteiger partial charge on any atom is 0.254 e. The fourth-order valence-electron chi connectivity index (χ4n) is 4.66. The lowest BCUT2D eigenvalue weighted by Crippen LogP contribution is -2.39. The van der Waals surface area contributed by atoms with Gasteiger partial charge in [-0.25, -0.2) is 4.98 Å². The van der Waals surface area contributed by atoms with Gasteiger partial charge in [0.15, 0.2) is 0 Å². The van der Waals surface area contributed by atoms with Crippen molar-refractivity contribution in [1.82, 2.24) is 30.0 Å². The van der Waals surface area contributed by atoms with E-state index < -0.39 is 5.91 Å². The lowest BCUT2D eigenvalue weighted by atomic mass is 10.1. The van der Waals surface area contributed by atoms with Gasteiger partial charge in [-0.3, -0.25) is 19.1 Å². The minimum Gasteiger partial charge on any atom is -0.495 e. The van der Waals surface area contributed by atoms with E-state index in [1.54, 1.807) is 34.8 Å². The van der Waals surface area contributed by atoms with Crippen LogP contribution in [0, 0.1) is 6.92 Å². The van der Waals surface area contributed by atoms with E-state index in [9.17, 15) is 14.4 Å². The predicted molar refractivity (Wildman–Crippen MR) is 156 cm³/mol. The number of anilines is 4. The van der Waals surface area contributed by atoms with Crippen molar-refractivity contribution in [2.75, 3.05) is 44.0 Å². The summed E-state index contributed by atoms with van der Waals surface area (Å²) in [5.41, 5.74) is 7.79. The summed E-state index contributed by atoms with van der Waals surface area (Å²) in [5, 5.41) is 22.4. The number of ether oxygens (including phenoxy) is 1. The standard InChI is InChI=1S/C28H35N9O5/c1-4-23(39)36-9-5-7-20(16-36)37-15-19(13-32-37)33-28-31-14-21(25(29)40)26(35-28)34-24-17(2)11-18(12-22(24)42-3)27(41)30-8-6-10-38/h4,11-15,20,38H,1,5-10,16H2,2-3H3,(H2,29,40)(H,30,41)(H2,31,33,34,35)/t20-/m1/s1. The number of hydrogen-bond donors (Lipinski definition) is 5. The molecule has 3 amide bonds. The third kappa shape index (κ3) is 7.01. The summed E-state index contributed by atoms with van der Waals surface area (Å²) in [4.78, 5) is 47.3. The number of nitrogens with two attached hydrogens (primary N) is 1. The van der Waals surface area contributed by atoms with Crippen molar-refractivity contribution in [2.45, 2.75) is 32.2 Å². The van der Waals surface area contributed by atoms with Crippen molar-refractivity contribution in [3.8, 4) is 5.75 Å². The van der Waals surface area contributed by atoms with Gasteiger partial charge < -0.3 is 36.4 Å². The van der Waals surface area contributed by atoms with Gasteiger partial charge in [0.05, 0.1) is 30.7 Å². The molecule has 14 heteroatoms. The molecule has 4 rings (SSSR count). The molecule has 0 aliphatic carbocycles. The van der Waals surface area contributed by atoms with Crippen LogP contribution in [0.4, 0.5) is 23.1 Å². The lowest BCUT2D eigenvalue weighted by molar-refractivity contribution is -0.127. The number of aliphatic hydroxyl groups excluding tert-OH is 1. The maximum absolute atomic E-state index is 12.5. The SMILES string of the molecule is C=CC(=O)N1CCC[C@@H](n2cc(Nc3ncc(C(N)=O)c(Nc4c(C)cc(C(=O)NCCCO)cc4OC)n3)cn2)C1. The fourth-order valence-corrected chi connectivity index (χ4v) is 4.66. The second-order valence-electron chi connectivity index (χ2n) is 9.77. The number of nitrogens with one attached hydrogen (secondary N) is 3. The molecule has 3 aromatic rings. The van der Waals surface area contributed by atoms with E-state index in [-0.39, 0.29) is 41.8 Å². The van der Waals surface area contributed by atoms with Gasteiger partial charge in [-0.05, 0) is 50.0 Å². The van der Waals surface area contributed by atoms with E-state index in [0.717, 1.165) is 12.8 Å². The molecular formula is C28H35N9O5. The van der Waals surface area contributed by atoms with Crippen LogP contribution in [-0.4, -0.2) is 80.8 Å². The Balaban J connectivity index is 1.55. The summed E-state index contributed by atoms with van der Waals surface area (Å²) in [6, 6.07) is 3.26. The smallest absolute Gasteiger partial charge is 0.254 e. The molecule has 14 nitrogen and oxygen atoms in total. The minimum atomic E-state index is -0.732. The van der Waals surface area contributed by atoms with Gasteiger partial charge in [0.25, 0.3) is 11.8 Å². The first-order chi connectivity index (χ1) is 20.2. The molecule has 0 spiro atoms. The number of carbonyl (C=O) groups is 3. The second-order valence-corrected chi connectivity index (χ2v) is 9.77. The Morgan fingerprint density at radius 2 is 2.07 bits per heavy atom. The van der Waals surface area contributed by atoms with E-state index in [2.05, 4.69) is 37.6 Å². The number of carbonyl (C=O) groups excluding carboxylic acids is 3. The van der Waals surface area contributed by atoms with E-state index in [0.29, 0.717) is 54.3 Å². The molecule has 0 radical (unpaired) electrons. The summed E-state index contributed by atoms with van der Waals surface area (Å²) < 4.78 is 7.34. The van der Waals surface area contributed by atoms with Crippen molar-refractivity contribution in [3.05, 3.63) is 60.1 Å². The third-order valence-corrected chi connectivity index (χ3v) is 6.81. The predicted octanol–water partition coefficient (Wildman–Crippen LogP) is 2.04. The highest BCUT2D eigenvalue weighted by Crippen LogP contribution is 2.33. The zero-order valence-corrected chi connectivity index (χ0v) is 23.6. The number of aromatic nitrogens is 4. The van der Waals surface area contributed by atoms with Crippen molar-refractivity contribution in [2.24, 2.45) is 5.73 Å². The first-order valence-electron chi connectivity index (χ1n) is 13.5. The molecule has 2 aromatic heterocycles. The van der Waals surface area contributed by atoms with Gasteiger partial charge in [-0.15, -0.1) is 0 Å². The maximum atomic E-state index is 12.5. The Labute approximate surface area is 243 Å². The van der Waals surface area contributed by atoms with E-state index in [1.165, 1.54) is 19.4 Å². The second kappa shape index (κ2) is 13.6. The largest absolute Gasteiger partial charge is 0.495 e. The number of rotatable bonds is 12. The van der Waals surface area contributed by atoms with Crippen molar-refractivity contribution in [3.63, 3.8) is 0 Å². The van der Waals surface area contributed by atoms with Crippen LogP contribution >= 0.6 is 0 Å². The molecule has 1 fully saturated rings. The Kier molecular flexibility index (Phi) is 9.70. The molecule has 0 saturated carbocycles. The average Bonchev–Trinajstić information content (AvgIpc) is 3.46. The van der Waals surface area contributed by atoms with Gasteiger partial charge in [-0.2, -0.15) is 10.1 Å². The first kappa shape index (κ1) is 30.0. The molecular weight excluding hydrogens is 542 g/mol. The quantitative estimate of drug-likeness (QED) is 0.157. The molecule has 222 valence electrons. The number of piperidine rings is 1. The van der Waals surface area contributed by atoms with Crippen LogP contribution in [0.15, 0.2) is 43.4 Å². The number of methoxy groups -OCH3 is 1. The van der Waals surface area contributed by atoms with Gasteiger partial charge in [0, 0.05) is 44.2 Å². The number of nitrogens with zero attached hydrogens (tertiary/aromatic N) is 5. The van der Waals surface area contributed by atoms with Crippen LogP contribution in [0.1, 0.15) is 51.6 Å². The van der Waals surface area contributed by atoms with Crippen LogP contribution < -0.4 is 26.4 Å². The summed E-state index contributed by atoms with van der Waals surface area (Å²) in [5.74, 6) is -0.467.